The second-order valence-electron chi connectivity index (χ2n) is 2.08. The predicted octanol–water partition coefficient (Wildman–Crippen LogP) is 0.444. The molecule has 0 saturated heterocycles. The summed E-state index contributed by atoms with van der Waals surface area (Å²) in [5, 5.41) is 0. The summed E-state index contributed by atoms with van der Waals surface area (Å²) >= 11 is 0. The summed E-state index contributed by atoms with van der Waals surface area (Å²) in [5.74, 6) is 0. The third-order valence-corrected chi connectivity index (χ3v) is 1.47. The molecule has 1 aliphatic heterocycles. The molecule has 1 aromatic carbocycles. The van der Waals surface area contributed by atoms with E-state index < -0.39 is 0 Å². The monoisotopic (exact) mass is 112 g/mol. The van der Waals surface area contributed by atoms with Gasteiger partial charge in [0.1, 0.15) is 0 Å². The van der Waals surface area contributed by atoms with Gasteiger partial charge in [-0.15, -0.1) is 0 Å². The van der Waals surface area contributed by atoms with Gasteiger partial charge < -0.3 is 0 Å². The van der Waals surface area contributed by atoms with Crippen LogP contribution in [0.1, 0.15) is 5.56 Å². The summed E-state index contributed by atoms with van der Waals surface area (Å²) in [6.07, 6.45) is 2.00. The Kier molecular flexibility index (Phi) is 0.911. The Morgan fingerprint density at radius 2 is 2.11 bits per heavy atom. The quantitative estimate of drug-likeness (QED) is 0.434. The third kappa shape index (κ3) is 0.665. The van der Waals surface area contributed by atoms with E-state index in [1.807, 2.05) is 25.1 Å². The van der Waals surface area contributed by atoms with E-state index in [1.165, 1.54) is 11.0 Å². The van der Waals surface area contributed by atoms with Crippen molar-refractivity contribution in [1.29, 1.82) is 0 Å². The second-order valence-corrected chi connectivity index (χ2v) is 2.08. The van der Waals surface area contributed by atoms with Crippen LogP contribution in [0.25, 0.3) is 6.08 Å². The summed E-state index contributed by atoms with van der Waals surface area (Å²) in [4.78, 5) is 0. The molecule has 2 rings (SSSR count). The molecule has 1 aromatic rings. The van der Waals surface area contributed by atoms with Crippen molar-refractivity contribution in [2.45, 2.75) is 0 Å². The Morgan fingerprint density at radius 3 is 3.00 bits per heavy atom. The van der Waals surface area contributed by atoms with Gasteiger partial charge in [-0.25, -0.2) is 0 Å². The fourth-order valence-corrected chi connectivity index (χ4v) is 0.995. The van der Waals surface area contributed by atoms with Gasteiger partial charge in [0.05, 0.1) is 0 Å². The zero-order chi connectivity index (χ0) is 6.10. The van der Waals surface area contributed by atoms with Crippen molar-refractivity contribution in [3.05, 3.63) is 29.8 Å². The Bertz CT molecular complexity index is 266. The molecule has 0 aromatic heterocycles. The summed E-state index contributed by atoms with van der Waals surface area (Å²) < 4.78 is 0. The first-order valence-corrected chi connectivity index (χ1v) is 2.98. The van der Waals surface area contributed by atoms with Gasteiger partial charge in [0, 0.05) is 0 Å². The second kappa shape index (κ2) is 1.71. The van der Waals surface area contributed by atoms with Crippen molar-refractivity contribution in [3.8, 4) is 0 Å². The van der Waals surface area contributed by atoms with Crippen molar-refractivity contribution in [3.63, 3.8) is 0 Å². The number of hydrogen-bond acceptors (Lipinski definition) is 0. The van der Waals surface area contributed by atoms with Crippen molar-refractivity contribution in [2.24, 2.45) is 0 Å². The molecule has 0 atom stereocenters. The first-order valence-electron chi connectivity index (χ1n) is 2.98. The molecule has 0 amide bonds. The number of hydrogen-bond donors (Lipinski definition) is 0. The van der Waals surface area contributed by atoms with Gasteiger partial charge in [0.15, 0.2) is 0 Å². The number of benzene rings is 1. The maximum absolute atomic E-state index is 3.04. The van der Waals surface area contributed by atoms with Crippen molar-refractivity contribution in [2.75, 3.05) is 0 Å². The number of fused-ring (bicyclic) bond motifs is 1. The van der Waals surface area contributed by atoms with Crippen LogP contribution in [-0.2, 0) is 0 Å². The van der Waals surface area contributed by atoms with Crippen LogP contribution in [0.15, 0.2) is 24.3 Å². The minimum absolute atomic E-state index is 1.28. The molecule has 9 heavy (non-hydrogen) atoms. The summed E-state index contributed by atoms with van der Waals surface area (Å²) in [7, 11) is 0. The molecule has 1 heterocycles. The van der Waals surface area contributed by atoms with Gasteiger partial charge in [-0.3, -0.25) is 0 Å². The number of rotatable bonds is 0. The molecule has 0 nitrogen and oxygen atoms in total. The Balaban J connectivity index is 2.72. The molecular formula is C8H5B. The zero-order valence-electron chi connectivity index (χ0n) is 4.96. The summed E-state index contributed by atoms with van der Waals surface area (Å²) in [5.41, 5.74) is 5.59. The Morgan fingerprint density at radius 1 is 1.22 bits per heavy atom. The molecule has 0 N–H and O–H groups in total. The van der Waals surface area contributed by atoms with E-state index >= 15 is 0 Å². The molecule has 0 spiro atoms. The standard InChI is InChI=1S/C8H5B/c1-2-4-8-7(3-1)5-6-9-8/h1-5H. The van der Waals surface area contributed by atoms with Crippen LogP contribution in [-0.4, -0.2) is 12.5 Å². The SMILES string of the molecule is B1=C=Cc2ccccc21. The van der Waals surface area contributed by atoms with Gasteiger partial charge in [-0.2, -0.15) is 0 Å². The van der Waals surface area contributed by atoms with Crippen LogP contribution < -0.4 is 5.46 Å². The van der Waals surface area contributed by atoms with E-state index in [-0.39, 0.29) is 0 Å². The van der Waals surface area contributed by atoms with E-state index in [9.17, 15) is 0 Å². The molecule has 0 radical (unpaired) electrons. The molecule has 1 aliphatic rings. The fourth-order valence-electron chi connectivity index (χ4n) is 0.995. The van der Waals surface area contributed by atoms with E-state index in [0.717, 1.165) is 0 Å². The normalized spacial score (nSPS) is 11.1. The molecule has 40 valence electrons. The van der Waals surface area contributed by atoms with Crippen molar-refractivity contribution in [1.82, 2.24) is 0 Å². The molecule has 0 aliphatic carbocycles. The average molecular weight is 112 g/mol. The van der Waals surface area contributed by atoms with Crippen LogP contribution in [0.5, 0.6) is 0 Å². The predicted molar refractivity (Wildman–Crippen MR) is 41.3 cm³/mol. The van der Waals surface area contributed by atoms with Crippen LogP contribution in [0, 0.1) is 0 Å². The molecular weight excluding hydrogens is 107 g/mol. The van der Waals surface area contributed by atoms with E-state index in [1.54, 1.807) is 0 Å². The van der Waals surface area contributed by atoms with Crippen LogP contribution >= 0.6 is 0 Å². The van der Waals surface area contributed by atoms with Crippen LogP contribution in [0.4, 0.5) is 0 Å². The van der Waals surface area contributed by atoms with Gasteiger partial charge in [-0.05, 0) is 0 Å². The topological polar surface area (TPSA) is 0 Å². The van der Waals surface area contributed by atoms with Gasteiger partial charge >= 0.3 is 53.9 Å². The molecule has 1 heteroatoms. The first-order chi connectivity index (χ1) is 4.47. The molecule has 0 fully saturated rings. The Hall–Kier alpha value is -1.07. The molecule has 0 bridgehead atoms. The van der Waals surface area contributed by atoms with Gasteiger partial charge in [-0.1, -0.05) is 0 Å². The summed E-state index contributed by atoms with van der Waals surface area (Å²) in [6.45, 7) is 2.00. The average Bonchev–Trinajstić information content (AvgIpc) is 2.33. The fraction of sp³-hybridized carbons (Fsp3) is 0. The minimum atomic E-state index is 1.28. The zero-order valence-corrected chi connectivity index (χ0v) is 4.96. The van der Waals surface area contributed by atoms with Gasteiger partial charge in [0.25, 0.3) is 0 Å². The third-order valence-electron chi connectivity index (χ3n) is 1.47. The van der Waals surface area contributed by atoms with Crippen LogP contribution in [0.3, 0.4) is 0 Å². The molecule has 0 unspecified atom stereocenters. The van der Waals surface area contributed by atoms with E-state index in [2.05, 4.69) is 17.8 Å². The van der Waals surface area contributed by atoms with E-state index in [0.29, 0.717) is 0 Å². The summed E-state index contributed by atoms with van der Waals surface area (Å²) in [6, 6.07) is 8.25. The molecule has 0 saturated carbocycles. The Labute approximate surface area is 54.7 Å². The van der Waals surface area contributed by atoms with Gasteiger partial charge in [0.2, 0.25) is 0 Å². The van der Waals surface area contributed by atoms with Crippen molar-refractivity contribution < 1.29 is 0 Å². The van der Waals surface area contributed by atoms with E-state index in [4.69, 9.17) is 0 Å². The van der Waals surface area contributed by atoms with Crippen LogP contribution in [0.2, 0.25) is 0 Å². The van der Waals surface area contributed by atoms with Crippen molar-refractivity contribution >= 4 is 24.1 Å². The first kappa shape index (κ1) is 4.78. The maximum atomic E-state index is 3.04.